The first-order valence-electron chi connectivity index (χ1n) is 10.4. The van der Waals surface area contributed by atoms with Crippen LogP contribution in [-0.4, -0.2) is 37.7 Å². The van der Waals surface area contributed by atoms with Gasteiger partial charge in [0.25, 0.3) is 10.0 Å². The largest absolute Gasteiger partial charge is 0.573 e. The van der Waals surface area contributed by atoms with E-state index in [0.29, 0.717) is 25.7 Å². The lowest BCUT2D eigenvalue weighted by Crippen LogP contribution is -2.29. The fourth-order valence-electron chi connectivity index (χ4n) is 2.89. The molecule has 0 aliphatic rings. The topological polar surface area (TPSA) is 151 Å². The first kappa shape index (κ1) is 27.7. The van der Waals surface area contributed by atoms with Gasteiger partial charge in [-0.05, 0) is 61.4 Å². The maximum absolute atomic E-state index is 12.3. The summed E-state index contributed by atoms with van der Waals surface area (Å²) in [5.41, 5.74) is 5.47. The molecule has 10 nitrogen and oxygen atoms in total. The third-order valence-corrected chi connectivity index (χ3v) is 6.07. The molecule has 0 unspecified atom stereocenters. The number of ether oxygens (including phenoxy) is 1. The van der Waals surface area contributed by atoms with Gasteiger partial charge < -0.3 is 21.1 Å². The summed E-state index contributed by atoms with van der Waals surface area (Å²) in [6.45, 7) is 0. The quantitative estimate of drug-likeness (QED) is 0.244. The summed E-state index contributed by atoms with van der Waals surface area (Å²) in [5.74, 6) is -1.15. The standard InChI is InChI=1S/C21H25F3N4O6S/c22-21(23,24)34-18-12-8-16(9-13-18)27-20(30)26-15-6-10-17(11-7-15)28(31)35(32,33)14-4-2-1-3-5-19(25)29/h6-13,31H,1-5,14H2,(H2,25,29)(H2,26,27,30). The molecule has 0 spiro atoms. The molecule has 0 aromatic heterocycles. The zero-order valence-corrected chi connectivity index (χ0v) is 19.2. The van der Waals surface area contributed by atoms with E-state index in [1.165, 1.54) is 36.4 Å². The molecule has 0 saturated carbocycles. The number of nitrogens with one attached hydrogen (secondary N) is 2. The van der Waals surface area contributed by atoms with Crippen molar-refractivity contribution in [3.63, 3.8) is 0 Å². The number of urea groups is 1. The van der Waals surface area contributed by atoms with Crippen molar-refractivity contribution in [1.82, 2.24) is 0 Å². The molecule has 14 heteroatoms. The molecule has 0 fully saturated rings. The highest BCUT2D eigenvalue weighted by atomic mass is 32.2. The van der Waals surface area contributed by atoms with Crippen LogP contribution >= 0.6 is 0 Å². The third-order valence-electron chi connectivity index (χ3n) is 4.53. The van der Waals surface area contributed by atoms with Gasteiger partial charge in [0.05, 0.1) is 11.4 Å². The highest BCUT2D eigenvalue weighted by molar-refractivity contribution is 7.92. The highest BCUT2D eigenvalue weighted by Gasteiger charge is 2.31. The molecule has 2 rings (SSSR count). The molecule has 192 valence electrons. The molecule has 0 atom stereocenters. The second-order valence-corrected chi connectivity index (χ2v) is 9.31. The van der Waals surface area contributed by atoms with E-state index in [-0.39, 0.29) is 33.7 Å². The van der Waals surface area contributed by atoms with Crippen LogP contribution in [0.1, 0.15) is 32.1 Å². The Morgan fingerprint density at radius 2 is 1.43 bits per heavy atom. The van der Waals surface area contributed by atoms with E-state index >= 15 is 0 Å². The van der Waals surface area contributed by atoms with Gasteiger partial charge in [-0.2, -0.15) is 0 Å². The van der Waals surface area contributed by atoms with Crippen molar-refractivity contribution in [3.05, 3.63) is 48.5 Å². The van der Waals surface area contributed by atoms with Gasteiger partial charge >= 0.3 is 12.4 Å². The molecule has 0 aliphatic heterocycles. The Bertz CT molecular complexity index is 1090. The lowest BCUT2D eigenvalue weighted by atomic mass is 10.1. The smallest absolute Gasteiger partial charge is 0.406 e. The van der Waals surface area contributed by atoms with Gasteiger partial charge in [0.1, 0.15) is 5.75 Å². The van der Waals surface area contributed by atoms with Crippen LogP contribution in [0, 0.1) is 0 Å². The molecule has 35 heavy (non-hydrogen) atoms. The molecule has 2 aromatic carbocycles. The summed E-state index contributed by atoms with van der Waals surface area (Å²) in [5, 5.41) is 15.0. The van der Waals surface area contributed by atoms with Gasteiger partial charge in [-0.3, -0.25) is 10.0 Å². The SMILES string of the molecule is NC(=O)CCCCCCS(=O)(=O)N(O)c1ccc(NC(=O)Nc2ccc(OC(F)(F)F)cc2)cc1. The van der Waals surface area contributed by atoms with E-state index in [4.69, 9.17) is 5.73 Å². The Hall–Kier alpha value is -3.52. The number of nitrogens with zero attached hydrogens (tertiary/aromatic N) is 1. The first-order chi connectivity index (χ1) is 16.4. The minimum atomic E-state index is -4.82. The molecule has 3 amide bonds. The highest BCUT2D eigenvalue weighted by Crippen LogP contribution is 2.24. The molecule has 2 aromatic rings. The number of carbonyl (C=O) groups is 2. The van der Waals surface area contributed by atoms with Crippen LogP contribution in [0.2, 0.25) is 0 Å². The lowest BCUT2D eigenvalue weighted by molar-refractivity contribution is -0.274. The maximum atomic E-state index is 12.3. The van der Waals surface area contributed by atoms with Crippen molar-refractivity contribution in [2.75, 3.05) is 20.9 Å². The van der Waals surface area contributed by atoms with Crippen LogP contribution in [0.15, 0.2) is 48.5 Å². The summed E-state index contributed by atoms with van der Waals surface area (Å²) in [6, 6.07) is 9.09. The number of halogens is 3. The van der Waals surface area contributed by atoms with Gasteiger partial charge in [-0.1, -0.05) is 12.8 Å². The average Bonchev–Trinajstić information content (AvgIpc) is 2.76. The van der Waals surface area contributed by atoms with E-state index in [2.05, 4.69) is 15.4 Å². The van der Waals surface area contributed by atoms with Crippen molar-refractivity contribution in [3.8, 4) is 5.75 Å². The van der Waals surface area contributed by atoms with Crippen molar-refractivity contribution >= 4 is 39.0 Å². The average molecular weight is 519 g/mol. The molecule has 0 aliphatic carbocycles. The van der Waals surface area contributed by atoms with E-state index in [1.54, 1.807) is 0 Å². The van der Waals surface area contributed by atoms with Crippen LogP contribution in [0.4, 0.5) is 35.0 Å². The minimum Gasteiger partial charge on any atom is -0.406 e. The van der Waals surface area contributed by atoms with Crippen LogP contribution in [0.25, 0.3) is 0 Å². The summed E-state index contributed by atoms with van der Waals surface area (Å²) in [4.78, 5) is 22.8. The number of unbranched alkanes of at least 4 members (excludes halogenated alkanes) is 3. The fourth-order valence-corrected chi connectivity index (χ4v) is 4.07. The Labute approximate surface area is 199 Å². The van der Waals surface area contributed by atoms with Gasteiger partial charge in [0.2, 0.25) is 5.91 Å². The van der Waals surface area contributed by atoms with Crippen LogP contribution in [0.3, 0.4) is 0 Å². The van der Waals surface area contributed by atoms with E-state index in [1.807, 2.05) is 0 Å². The number of sulfonamides is 1. The number of alkyl halides is 3. The zero-order chi connectivity index (χ0) is 26.1. The predicted molar refractivity (Wildman–Crippen MR) is 123 cm³/mol. The first-order valence-corrected chi connectivity index (χ1v) is 12.0. The number of hydrogen-bond donors (Lipinski definition) is 4. The van der Waals surface area contributed by atoms with Crippen LogP contribution in [-0.2, 0) is 14.8 Å². The second-order valence-electron chi connectivity index (χ2n) is 7.39. The van der Waals surface area contributed by atoms with E-state index in [9.17, 15) is 36.4 Å². The Balaban J connectivity index is 1.84. The molecule has 0 heterocycles. The summed E-state index contributed by atoms with van der Waals surface area (Å²) in [6.07, 6.45) is -2.54. The number of anilines is 3. The van der Waals surface area contributed by atoms with Crippen molar-refractivity contribution in [2.45, 2.75) is 38.5 Å². The molecule has 0 bridgehead atoms. The molecule has 5 N–H and O–H groups in total. The number of hydrogen-bond acceptors (Lipinski definition) is 6. The third kappa shape index (κ3) is 10.1. The predicted octanol–water partition coefficient (Wildman–Crippen LogP) is 4.19. The summed E-state index contributed by atoms with van der Waals surface area (Å²) >= 11 is 0. The lowest BCUT2D eigenvalue weighted by Gasteiger charge is -2.17. The van der Waals surface area contributed by atoms with Crippen molar-refractivity contribution in [2.24, 2.45) is 5.73 Å². The number of rotatable bonds is 12. The Morgan fingerprint density at radius 1 is 0.914 bits per heavy atom. The number of amides is 3. The van der Waals surface area contributed by atoms with Crippen molar-refractivity contribution in [1.29, 1.82) is 0 Å². The maximum Gasteiger partial charge on any atom is 0.573 e. The monoisotopic (exact) mass is 518 g/mol. The number of nitrogens with two attached hydrogens (primary N) is 1. The van der Waals surface area contributed by atoms with Gasteiger partial charge in [0.15, 0.2) is 0 Å². The zero-order valence-electron chi connectivity index (χ0n) is 18.4. The second kappa shape index (κ2) is 12.3. The minimum absolute atomic E-state index is 0.0371. The number of carbonyl (C=O) groups excluding carboxylic acids is 2. The number of benzene rings is 2. The van der Waals surface area contributed by atoms with Crippen LogP contribution in [0.5, 0.6) is 5.75 Å². The normalized spacial score (nSPS) is 11.5. The van der Waals surface area contributed by atoms with E-state index < -0.39 is 34.1 Å². The fraction of sp³-hybridized carbons (Fsp3) is 0.333. The van der Waals surface area contributed by atoms with E-state index in [0.717, 1.165) is 12.1 Å². The van der Waals surface area contributed by atoms with Crippen LogP contribution < -0.4 is 25.6 Å². The van der Waals surface area contributed by atoms with Gasteiger partial charge in [0, 0.05) is 17.8 Å². The summed E-state index contributed by atoms with van der Waals surface area (Å²) < 4.78 is 65.0. The Morgan fingerprint density at radius 3 is 1.94 bits per heavy atom. The van der Waals surface area contributed by atoms with Crippen molar-refractivity contribution < 1.29 is 41.1 Å². The molecule has 0 saturated heterocycles. The summed E-state index contributed by atoms with van der Waals surface area (Å²) in [7, 11) is -3.99. The molecular weight excluding hydrogens is 493 g/mol. The number of primary amides is 1. The van der Waals surface area contributed by atoms with Gasteiger partial charge in [-0.25, -0.2) is 13.2 Å². The Kier molecular flexibility index (Phi) is 9.71. The van der Waals surface area contributed by atoms with Gasteiger partial charge in [-0.15, -0.1) is 17.6 Å². The molecule has 0 radical (unpaired) electrons. The molecular formula is C21H25F3N4O6S.